The fraction of sp³-hybridized carbons (Fsp3) is 0.738. The second-order valence-electron chi connectivity index (χ2n) is 27.3. The van der Waals surface area contributed by atoms with Crippen LogP contribution in [0.2, 0.25) is 0 Å². The highest BCUT2D eigenvalue weighted by atomic mass is 35.5. The molecule has 4 saturated heterocycles. The number of amides is 3. The van der Waals surface area contributed by atoms with Gasteiger partial charge in [0.1, 0.15) is 24.4 Å². The molecular formula is C61H96B2Cl2N4O12. The van der Waals surface area contributed by atoms with Crippen molar-refractivity contribution in [2.45, 2.75) is 226 Å². The van der Waals surface area contributed by atoms with Crippen LogP contribution in [-0.4, -0.2) is 133 Å². The maximum Gasteiger partial charge on any atom is 0.482 e. The molecule has 0 unspecified atom stereocenters. The molecule has 16 nitrogen and oxygen atoms in total. The van der Waals surface area contributed by atoms with E-state index >= 15 is 0 Å². The first-order chi connectivity index (χ1) is 37.1. The van der Waals surface area contributed by atoms with E-state index in [4.69, 9.17) is 54.9 Å². The number of benzene rings is 2. The van der Waals surface area contributed by atoms with Crippen LogP contribution < -0.4 is 11.1 Å². The van der Waals surface area contributed by atoms with E-state index in [1.54, 1.807) is 9.80 Å². The highest BCUT2D eigenvalue weighted by molar-refractivity contribution is 6.61. The monoisotopic (exact) mass is 1170 g/mol. The minimum Gasteiger partial charge on any atom is -0.451 e. The zero-order valence-corrected chi connectivity index (χ0v) is 51.2. The van der Waals surface area contributed by atoms with Gasteiger partial charge in [0.2, 0.25) is 0 Å². The van der Waals surface area contributed by atoms with Crippen LogP contribution in [0.5, 0.6) is 0 Å². The van der Waals surface area contributed by atoms with E-state index in [9.17, 15) is 19.2 Å². The average Bonchev–Trinajstić information content (AvgIpc) is 2.88. The molecule has 0 spiro atoms. The number of rotatable bonds is 11. The fourth-order valence-corrected chi connectivity index (χ4v) is 14.3. The van der Waals surface area contributed by atoms with Crippen molar-refractivity contribution in [3.05, 3.63) is 71.8 Å². The highest BCUT2D eigenvalue weighted by Crippen LogP contribution is 2.67. The number of halogens is 2. The van der Waals surface area contributed by atoms with Gasteiger partial charge in [-0.1, -0.05) is 95.8 Å². The molecule has 3 amide bonds. The molecule has 452 valence electrons. The summed E-state index contributed by atoms with van der Waals surface area (Å²) in [5.74, 6) is 1.95. The normalized spacial score (nSPS) is 30.8. The van der Waals surface area contributed by atoms with Gasteiger partial charge >= 0.3 is 37.9 Å². The third-order valence-electron chi connectivity index (χ3n) is 18.8. The molecule has 12 atom stereocenters. The van der Waals surface area contributed by atoms with Gasteiger partial charge in [-0.05, 0) is 178 Å². The zero-order valence-electron chi connectivity index (χ0n) is 49.7. The Morgan fingerprint density at radius 3 is 1.51 bits per heavy atom. The van der Waals surface area contributed by atoms with Crippen LogP contribution in [0, 0.1) is 34.5 Å². The largest absolute Gasteiger partial charge is 0.482 e. The summed E-state index contributed by atoms with van der Waals surface area (Å²) in [6, 6.07) is 20.1. The van der Waals surface area contributed by atoms with Crippen LogP contribution >= 0.6 is 24.0 Å². The first kappa shape index (κ1) is 66.4. The van der Waals surface area contributed by atoms with Crippen molar-refractivity contribution in [1.82, 2.24) is 15.1 Å². The Bertz CT molecular complexity index is 2420. The van der Waals surface area contributed by atoms with Crippen LogP contribution in [0.25, 0.3) is 0 Å². The molecule has 81 heavy (non-hydrogen) atoms. The second-order valence-corrected chi connectivity index (χ2v) is 27.6. The third-order valence-corrected chi connectivity index (χ3v) is 18.9. The smallest absolute Gasteiger partial charge is 0.451 e. The minimum atomic E-state index is -0.843. The summed E-state index contributed by atoms with van der Waals surface area (Å²) < 4.78 is 47.3. The number of nitrogens with one attached hydrogen (secondary N) is 1. The van der Waals surface area contributed by atoms with Crippen LogP contribution in [0.3, 0.4) is 0 Å². The fourth-order valence-electron chi connectivity index (χ4n) is 14.2. The van der Waals surface area contributed by atoms with Crippen LogP contribution in [0.1, 0.15) is 166 Å². The molecule has 12 rings (SSSR count). The highest BCUT2D eigenvalue weighted by Gasteiger charge is 2.70. The van der Waals surface area contributed by atoms with E-state index in [0.717, 1.165) is 69.3 Å². The Hall–Kier alpha value is -3.77. The van der Waals surface area contributed by atoms with Crippen LogP contribution in [-0.2, 0) is 50.4 Å². The minimum absolute atomic E-state index is 0. The van der Waals surface area contributed by atoms with E-state index in [1.165, 1.54) is 18.4 Å². The number of ether oxygens (including phenoxy) is 4. The molecule has 20 heteroatoms. The summed E-state index contributed by atoms with van der Waals surface area (Å²) in [5, 5.41) is 3.06. The van der Waals surface area contributed by atoms with Crippen molar-refractivity contribution in [2.24, 2.45) is 40.2 Å². The predicted octanol–water partition coefficient (Wildman–Crippen LogP) is 12.4. The Balaban J connectivity index is 0.000000213. The summed E-state index contributed by atoms with van der Waals surface area (Å²) in [6.07, 6.45) is 10.3. The molecule has 4 heterocycles. The number of carbonyl (C=O) groups excluding carboxylic acids is 4. The van der Waals surface area contributed by atoms with E-state index < -0.39 is 35.8 Å². The van der Waals surface area contributed by atoms with E-state index in [-0.39, 0.29) is 99.2 Å². The molecule has 2 aromatic carbocycles. The van der Waals surface area contributed by atoms with E-state index in [2.05, 4.69) is 71.1 Å². The number of likely N-dealkylation sites (tertiary alicyclic amines) is 2. The lowest BCUT2D eigenvalue weighted by Crippen LogP contribution is -2.65. The number of piperidine rings is 2. The van der Waals surface area contributed by atoms with E-state index in [0.29, 0.717) is 42.7 Å². The molecule has 6 saturated carbocycles. The lowest BCUT2D eigenvalue weighted by atomic mass is 9.43. The molecule has 10 aliphatic rings. The summed E-state index contributed by atoms with van der Waals surface area (Å²) in [6.45, 7) is 26.4. The first-order valence-corrected chi connectivity index (χ1v) is 29.7. The molecule has 0 radical (unpaired) electrons. The van der Waals surface area contributed by atoms with Crippen LogP contribution in [0.15, 0.2) is 60.7 Å². The topological polar surface area (TPSA) is 187 Å². The van der Waals surface area contributed by atoms with Gasteiger partial charge in [-0.3, -0.25) is 0 Å². The third kappa shape index (κ3) is 15.6. The molecule has 6 aliphatic carbocycles. The van der Waals surface area contributed by atoms with Crippen molar-refractivity contribution in [1.29, 1.82) is 0 Å². The first-order valence-electron chi connectivity index (χ1n) is 29.3. The molecule has 4 bridgehead atoms. The van der Waals surface area contributed by atoms with Gasteiger partial charge < -0.3 is 58.4 Å². The van der Waals surface area contributed by atoms with Gasteiger partial charge in [0, 0.05) is 30.6 Å². The maximum atomic E-state index is 13.1. The standard InChI is InChI=1S/C30H45BN2O6.C18H26BNO2.C12H20ClNO4.CH4.ClH/c1-28(2,3)37-27(35)33-15-11-10-14-22(33)19-36-26(34)32-25(16-20-12-8-7-9-13-20)31-38-24-18-21-17-23(29(21,4)5)30(24,6)39-31;1-17(2)13-10-14(17)18(3)15(11-13)21-19(22-18)16(20)9-12-7-5-4-6-8-12;1-12(2,3)18-11(16)14-7-5-4-6-9(14)8-17-10(13)15;;/h7-9,12-13,21-25H,10-11,14-19H2,1-6H3,(H,32,34);4-8,13-16H,9-11,20H2,1-3H3;9H,4-8H2,1-3H3;1H4;1H/t21-,22+,23-,24+,25-,30-;13-,14-,15+,16-,18-;9-;;/m001../s1. The Labute approximate surface area is 496 Å². The summed E-state index contributed by atoms with van der Waals surface area (Å²) in [5.41, 5.74) is 6.89. The van der Waals surface area contributed by atoms with Gasteiger partial charge in [-0.15, -0.1) is 12.4 Å². The number of carbonyl (C=O) groups is 4. The lowest BCUT2D eigenvalue weighted by Gasteiger charge is -2.64. The average molecular weight is 1170 g/mol. The second kappa shape index (κ2) is 26.7. The molecule has 2 aromatic rings. The summed E-state index contributed by atoms with van der Waals surface area (Å²) in [4.78, 5) is 51.8. The summed E-state index contributed by atoms with van der Waals surface area (Å²) >= 11 is 5.13. The molecular weight excluding hydrogens is 1070 g/mol. The van der Waals surface area contributed by atoms with Crippen LogP contribution in [0.4, 0.5) is 19.2 Å². The van der Waals surface area contributed by atoms with Crippen molar-refractivity contribution in [2.75, 3.05) is 26.3 Å². The van der Waals surface area contributed by atoms with Gasteiger partial charge in [-0.2, -0.15) is 0 Å². The van der Waals surface area contributed by atoms with Gasteiger partial charge in [-0.25, -0.2) is 19.2 Å². The number of nitrogens with zero attached hydrogens (tertiary/aromatic N) is 2. The SMILES string of the molecule is C.CC(C)(C)OC(=O)N1CCCC[C@@H]1COC(=O)Cl.CC(C)(C)OC(=O)N1CCCC[C@@H]1COC(=O)N[C@@H](Cc1ccccc1)B1O[C@@H]2C[C@@H]3C[C@@H](C3(C)C)[C@]2(C)O1.CC1(C)[C@@H]2C[C@H]3OB([C@@H](N)Cc4ccccc4)O[C@@]3(C)[C@H]1C2.Cl. The Morgan fingerprint density at radius 1 is 0.654 bits per heavy atom. The molecule has 10 fully saturated rings. The molecule has 0 aromatic heterocycles. The molecule has 4 aliphatic heterocycles. The maximum absolute atomic E-state index is 13.1. The number of hydrogen-bond donors (Lipinski definition) is 2. The van der Waals surface area contributed by atoms with Crippen molar-refractivity contribution in [3.8, 4) is 0 Å². The van der Waals surface area contributed by atoms with Crippen molar-refractivity contribution in [3.63, 3.8) is 0 Å². The quantitative estimate of drug-likeness (QED) is 0.123. The zero-order chi connectivity index (χ0) is 57.3. The van der Waals surface area contributed by atoms with Crippen molar-refractivity contribution >= 4 is 62.0 Å². The number of nitrogens with two attached hydrogens (primary N) is 1. The van der Waals surface area contributed by atoms with E-state index in [1.807, 2.05) is 77.9 Å². The number of hydrogen-bond acceptors (Lipinski definition) is 13. The van der Waals surface area contributed by atoms with Gasteiger partial charge in [0.15, 0.2) is 0 Å². The Morgan fingerprint density at radius 2 is 1.07 bits per heavy atom. The lowest BCUT2D eigenvalue weighted by molar-refractivity contribution is -0.199. The Kier molecular flexibility index (Phi) is 21.8. The molecule has 3 N–H and O–H groups in total. The van der Waals surface area contributed by atoms with Crippen molar-refractivity contribution < 1.29 is 56.7 Å². The predicted molar refractivity (Wildman–Crippen MR) is 319 cm³/mol. The number of alkyl carbamates (subject to hydrolysis) is 1. The van der Waals surface area contributed by atoms with Gasteiger partial charge in [0.25, 0.3) is 0 Å². The summed E-state index contributed by atoms with van der Waals surface area (Å²) in [7, 11) is -0.832. The van der Waals surface area contributed by atoms with Gasteiger partial charge in [0.05, 0.1) is 41.4 Å².